The smallest absolute Gasteiger partial charge is 0.330 e. The number of ether oxygens (including phenoxy) is 1. The van der Waals surface area contributed by atoms with Crippen LogP contribution < -0.4 is 10.6 Å². The van der Waals surface area contributed by atoms with Crippen LogP contribution in [0, 0.1) is 0 Å². The first kappa shape index (κ1) is 20.9. The number of esters is 1. The van der Waals surface area contributed by atoms with E-state index in [0.717, 1.165) is 5.56 Å². The molecule has 2 N–H and O–H groups in total. The molecule has 6 nitrogen and oxygen atoms in total. The highest BCUT2D eigenvalue weighted by Crippen LogP contribution is 2.12. The van der Waals surface area contributed by atoms with Crippen molar-refractivity contribution in [2.24, 2.45) is 0 Å². The summed E-state index contributed by atoms with van der Waals surface area (Å²) in [6.45, 7) is 3.86. The monoisotopic (exact) mass is 380 g/mol. The lowest BCUT2D eigenvalue weighted by atomic mass is 10.1. The van der Waals surface area contributed by atoms with Crippen molar-refractivity contribution in [2.45, 2.75) is 26.3 Å². The average molecular weight is 380 g/mol. The van der Waals surface area contributed by atoms with E-state index in [9.17, 15) is 14.4 Å². The van der Waals surface area contributed by atoms with E-state index in [4.69, 9.17) is 4.74 Å². The van der Waals surface area contributed by atoms with E-state index in [2.05, 4.69) is 10.6 Å². The van der Waals surface area contributed by atoms with Gasteiger partial charge >= 0.3 is 5.97 Å². The van der Waals surface area contributed by atoms with Crippen LogP contribution >= 0.6 is 0 Å². The number of rotatable bonds is 8. The van der Waals surface area contributed by atoms with Gasteiger partial charge in [-0.25, -0.2) is 4.79 Å². The molecule has 28 heavy (non-hydrogen) atoms. The summed E-state index contributed by atoms with van der Waals surface area (Å²) in [5.74, 6) is -0.805. The van der Waals surface area contributed by atoms with E-state index in [1.165, 1.54) is 6.08 Å². The third kappa shape index (κ3) is 7.07. The highest BCUT2D eigenvalue weighted by atomic mass is 16.5. The summed E-state index contributed by atoms with van der Waals surface area (Å²) in [6, 6.07) is 15.6. The maximum Gasteiger partial charge on any atom is 0.330 e. The molecule has 6 heteroatoms. The van der Waals surface area contributed by atoms with Gasteiger partial charge in [-0.05, 0) is 49.8 Å². The molecule has 0 aliphatic heterocycles. The van der Waals surface area contributed by atoms with Crippen LogP contribution in [0.2, 0.25) is 0 Å². The Kier molecular flexibility index (Phi) is 7.96. The summed E-state index contributed by atoms with van der Waals surface area (Å²) in [4.78, 5) is 35.6. The average Bonchev–Trinajstić information content (AvgIpc) is 2.68. The van der Waals surface area contributed by atoms with Gasteiger partial charge in [-0.2, -0.15) is 0 Å². The van der Waals surface area contributed by atoms with Gasteiger partial charge in [0.25, 0.3) is 5.91 Å². The van der Waals surface area contributed by atoms with E-state index in [1.807, 2.05) is 6.07 Å². The standard InChI is InChI=1S/C22H24N2O4/c1-3-28-21(26)14-11-17-9-12-19(13-10-17)24-20(25)15-16(2)23-22(27)18-7-5-4-6-8-18/h4-14,16H,3,15H2,1-2H3,(H,23,27)(H,24,25)/b14-11+. The Morgan fingerprint density at radius 2 is 1.71 bits per heavy atom. The number of carbonyl (C=O) groups excluding carboxylic acids is 3. The van der Waals surface area contributed by atoms with Crippen molar-refractivity contribution in [3.05, 3.63) is 71.8 Å². The molecule has 2 amide bonds. The minimum absolute atomic E-state index is 0.156. The lowest BCUT2D eigenvalue weighted by molar-refractivity contribution is -0.137. The second-order valence-electron chi connectivity index (χ2n) is 6.20. The zero-order valence-corrected chi connectivity index (χ0v) is 16.0. The van der Waals surface area contributed by atoms with Crippen LogP contribution in [-0.4, -0.2) is 30.4 Å². The predicted molar refractivity (Wildman–Crippen MR) is 109 cm³/mol. The van der Waals surface area contributed by atoms with Crippen LogP contribution in [0.3, 0.4) is 0 Å². The summed E-state index contributed by atoms with van der Waals surface area (Å²) in [7, 11) is 0. The van der Waals surface area contributed by atoms with Crippen molar-refractivity contribution in [3.8, 4) is 0 Å². The fraction of sp³-hybridized carbons (Fsp3) is 0.227. The second kappa shape index (κ2) is 10.7. The predicted octanol–water partition coefficient (Wildman–Crippen LogP) is 3.41. The molecule has 0 saturated carbocycles. The van der Waals surface area contributed by atoms with Gasteiger partial charge in [0.15, 0.2) is 0 Å². The van der Waals surface area contributed by atoms with Crippen LogP contribution in [-0.2, 0) is 14.3 Å². The number of benzene rings is 2. The van der Waals surface area contributed by atoms with Gasteiger partial charge in [-0.3, -0.25) is 9.59 Å². The molecule has 0 spiro atoms. The molecule has 146 valence electrons. The van der Waals surface area contributed by atoms with Crippen molar-refractivity contribution in [1.82, 2.24) is 5.32 Å². The Morgan fingerprint density at radius 3 is 2.36 bits per heavy atom. The van der Waals surface area contributed by atoms with Crippen molar-refractivity contribution in [3.63, 3.8) is 0 Å². The minimum Gasteiger partial charge on any atom is -0.463 e. The number of hydrogen-bond donors (Lipinski definition) is 2. The van der Waals surface area contributed by atoms with Crippen molar-refractivity contribution >= 4 is 29.5 Å². The fourth-order valence-corrected chi connectivity index (χ4v) is 2.47. The third-order valence-electron chi connectivity index (χ3n) is 3.80. The molecule has 0 fully saturated rings. The quantitative estimate of drug-likeness (QED) is 0.543. The number of hydrogen-bond acceptors (Lipinski definition) is 4. The molecular formula is C22H24N2O4. The van der Waals surface area contributed by atoms with Crippen LogP contribution in [0.1, 0.15) is 36.2 Å². The van der Waals surface area contributed by atoms with Gasteiger partial charge in [-0.15, -0.1) is 0 Å². The van der Waals surface area contributed by atoms with Crippen LogP contribution in [0.15, 0.2) is 60.7 Å². The number of nitrogens with one attached hydrogen (secondary N) is 2. The Hall–Kier alpha value is -3.41. The number of amides is 2. The molecule has 1 unspecified atom stereocenters. The maximum absolute atomic E-state index is 12.2. The van der Waals surface area contributed by atoms with Gasteiger partial charge in [-0.1, -0.05) is 30.3 Å². The molecule has 1 atom stereocenters. The minimum atomic E-state index is -0.397. The van der Waals surface area contributed by atoms with E-state index in [0.29, 0.717) is 17.9 Å². The zero-order valence-electron chi connectivity index (χ0n) is 16.0. The molecule has 0 aliphatic carbocycles. The van der Waals surface area contributed by atoms with Crippen LogP contribution in [0.5, 0.6) is 0 Å². The Bertz CT molecular complexity index is 829. The number of carbonyl (C=O) groups is 3. The highest BCUT2D eigenvalue weighted by Gasteiger charge is 2.13. The fourth-order valence-electron chi connectivity index (χ4n) is 2.47. The maximum atomic E-state index is 12.2. The van der Waals surface area contributed by atoms with Crippen LogP contribution in [0.25, 0.3) is 6.08 Å². The Morgan fingerprint density at radius 1 is 1.04 bits per heavy atom. The molecule has 0 heterocycles. The second-order valence-corrected chi connectivity index (χ2v) is 6.20. The van der Waals surface area contributed by atoms with Gasteiger partial charge in [0.1, 0.15) is 0 Å². The third-order valence-corrected chi connectivity index (χ3v) is 3.80. The molecule has 0 aliphatic rings. The molecule has 0 aromatic heterocycles. The van der Waals surface area contributed by atoms with Gasteiger partial charge < -0.3 is 15.4 Å². The first-order valence-electron chi connectivity index (χ1n) is 9.08. The molecule has 0 radical (unpaired) electrons. The van der Waals surface area contributed by atoms with Gasteiger partial charge in [0, 0.05) is 29.8 Å². The Labute approximate surface area is 164 Å². The van der Waals surface area contributed by atoms with Crippen molar-refractivity contribution < 1.29 is 19.1 Å². The summed E-state index contributed by atoms with van der Waals surface area (Å²) in [5, 5.41) is 5.60. The van der Waals surface area contributed by atoms with E-state index in [1.54, 1.807) is 68.5 Å². The number of anilines is 1. The first-order valence-corrected chi connectivity index (χ1v) is 9.08. The van der Waals surface area contributed by atoms with E-state index in [-0.39, 0.29) is 24.3 Å². The topological polar surface area (TPSA) is 84.5 Å². The van der Waals surface area contributed by atoms with Crippen molar-refractivity contribution in [1.29, 1.82) is 0 Å². The molecule has 0 bridgehead atoms. The summed E-state index contributed by atoms with van der Waals surface area (Å²) in [6.07, 6.45) is 3.15. The zero-order chi connectivity index (χ0) is 20.4. The highest BCUT2D eigenvalue weighted by molar-refractivity contribution is 5.95. The summed E-state index contributed by atoms with van der Waals surface area (Å²) < 4.78 is 4.82. The van der Waals surface area contributed by atoms with E-state index >= 15 is 0 Å². The SMILES string of the molecule is CCOC(=O)/C=C/c1ccc(NC(=O)CC(C)NC(=O)c2ccccc2)cc1. The lowest BCUT2D eigenvalue weighted by Gasteiger charge is -2.14. The summed E-state index contributed by atoms with van der Waals surface area (Å²) >= 11 is 0. The molecule has 2 aromatic carbocycles. The van der Waals surface area contributed by atoms with E-state index < -0.39 is 5.97 Å². The molecule has 0 saturated heterocycles. The van der Waals surface area contributed by atoms with Crippen molar-refractivity contribution in [2.75, 3.05) is 11.9 Å². The summed E-state index contributed by atoms with van der Waals surface area (Å²) in [5.41, 5.74) is 2.01. The normalized spacial score (nSPS) is 11.6. The van der Waals surface area contributed by atoms with Gasteiger partial charge in [0.05, 0.1) is 6.61 Å². The molecule has 2 rings (SSSR count). The molecular weight excluding hydrogens is 356 g/mol. The Balaban J connectivity index is 1.82. The molecule has 2 aromatic rings. The van der Waals surface area contributed by atoms with Crippen LogP contribution in [0.4, 0.5) is 5.69 Å². The first-order chi connectivity index (χ1) is 13.5. The van der Waals surface area contributed by atoms with Gasteiger partial charge in [0.2, 0.25) is 5.91 Å². The largest absolute Gasteiger partial charge is 0.463 e. The lowest BCUT2D eigenvalue weighted by Crippen LogP contribution is -2.35.